The highest BCUT2D eigenvalue weighted by Crippen LogP contribution is 2.39. The van der Waals surface area contributed by atoms with Gasteiger partial charge >= 0.3 is 6.18 Å². The molecule has 3 N–H and O–H groups in total. The molecule has 2 aromatic rings. The largest absolute Gasteiger partial charge is 0.418 e. The molecule has 1 saturated heterocycles. The Hall–Kier alpha value is -2.62. The number of carbonyl (C=O) groups is 1. The number of rotatable bonds is 8. The maximum absolute atomic E-state index is 14.1. The van der Waals surface area contributed by atoms with Crippen LogP contribution in [0, 0.1) is 11.3 Å². The Bertz CT molecular complexity index is 1190. The van der Waals surface area contributed by atoms with Crippen molar-refractivity contribution in [3.8, 4) is 6.07 Å². The highest BCUT2D eigenvalue weighted by Gasteiger charge is 2.40. The lowest BCUT2D eigenvalue weighted by molar-refractivity contribution is -0.108. The van der Waals surface area contributed by atoms with E-state index in [1.54, 1.807) is 6.07 Å². The third-order valence-corrected chi connectivity index (χ3v) is 7.36. The summed E-state index contributed by atoms with van der Waals surface area (Å²) in [6.07, 6.45) is -8.09. The van der Waals surface area contributed by atoms with Gasteiger partial charge in [-0.25, -0.2) is 0 Å². The second-order valence-corrected chi connectivity index (χ2v) is 10.1. The van der Waals surface area contributed by atoms with E-state index in [1.807, 2.05) is 12.1 Å². The fraction of sp³-hybridized carbons (Fsp3) is 0.462. The Morgan fingerprint density at radius 3 is 2.24 bits per heavy atom. The monoisotopic (exact) mass is 537 g/mol. The molecule has 1 aliphatic heterocycles. The molecule has 37 heavy (non-hydrogen) atoms. The number of nitriles is 1. The van der Waals surface area contributed by atoms with Crippen LogP contribution in [0.15, 0.2) is 42.0 Å². The molecule has 3 rings (SSSR count). The summed E-state index contributed by atoms with van der Waals surface area (Å²) in [6.45, 7) is 7.07. The smallest absolute Gasteiger partial charge is 0.394 e. The molecule has 0 aromatic heterocycles. The zero-order valence-electron chi connectivity index (χ0n) is 20.6. The lowest BCUT2D eigenvalue weighted by Gasteiger charge is -2.38. The summed E-state index contributed by atoms with van der Waals surface area (Å²) >= 11 is 0.274. The van der Waals surface area contributed by atoms with Gasteiger partial charge in [0.1, 0.15) is 17.7 Å². The van der Waals surface area contributed by atoms with Crippen LogP contribution in [-0.4, -0.2) is 88.3 Å². The highest BCUT2D eigenvalue weighted by atomic mass is 32.2. The van der Waals surface area contributed by atoms with Gasteiger partial charge in [0.2, 0.25) is 5.12 Å². The maximum atomic E-state index is 14.1. The van der Waals surface area contributed by atoms with Crippen molar-refractivity contribution in [1.82, 2.24) is 4.90 Å². The van der Waals surface area contributed by atoms with Crippen LogP contribution in [0.25, 0.3) is 16.3 Å². The standard InChI is InChI=1S/C26H30F3N3O4S/c1-16(2)31-7-9-32(10-8-31)20-6-5-17-11-19(4-3-18(17)12-20)24(26(27,28)29)21(13-30)25(36)37-15-23(35)22(34)14-33/h3-6,11-12,16,22-23,33-35H,7-10,14-15H2,1-2H3/b24-21-. The van der Waals surface area contributed by atoms with Gasteiger partial charge in [0, 0.05) is 43.7 Å². The quantitative estimate of drug-likeness (QED) is 0.348. The average molecular weight is 538 g/mol. The number of aliphatic hydroxyl groups is 3. The Balaban J connectivity index is 1.90. The normalized spacial score (nSPS) is 17.5. The first-order valence-electron chi connectivity index (χ1n) is 11.8. The first kappa shape index (κ1) is 28.9. The molecule has 7 nitrogen and oxygen atoms in total. The summed E-state index contributed by atoms with van der Waals surface area (Å²) in [5, 5.41) is 37.5. The lowest BCUT2D eigenvalue weighted by atomic mass is 9.97. The van der Waals surface area contributed by atoms with Crippen LogP contribution >= 0.6 is 11.8 Å². The van der Waals surface area contributed by atoms with E-state index in [0.717, 1.165) is 37.3 Å². The molecule has 11 heteroatoms. The van der Waals surface area contributed by atoms with Gasteiger partial charge in [-0.3, -0.25) is 9.69 Å². The molecule has 0 aliphatic carbocycles. The highest BCUT2D eigenvalue weighted by molar-refractivity contribution is 8.14. The van der Waals surface area contributed by atoms with Crippen molar-refractivity contribution in [3.63, 3.8) is 0 Å². The van der Waals surface area contributed by atoms with Crippen LogP contribution in [0.2, 0.25) is 0 Å². The summed E-state index contributed by atoms with van der Waals surface area (Å²) in [5.74, 6) is -0.483. The molecular weight excluding hydrogens is 507 g/mol. The van der Waals surface area contributed by atoms with Crippen LogP contribution in [-0.2, 0) is 4.79 Å². The number of hydrogen-bond acceptors (Lipinski definition) is 8. The van der Waals surface area contributed by atoms with E-state index < -0.39 is 47.0 Å². The van der Waals surface area contributed by atoms with Crippen molar-refractivity contribution in [2.24, 2.45) is 0 Å². The Morgan fingerprint density at radius 1 is 1.05 bits per heavy atom. The van der Waals surface area contributed by atoms with E-state index in [0.29, 0.717) is 11.4 Å². The minimum absolute atomic E-state index is 0.274. The number of hydrogen-bond donors (Lipinski definition) is 3. The molecule has 0 radical (unpaired) electrons. The third kappa shape index (κ3) is 7.03. The zero-order valence-corrected chi connectivity index (χ0v) is 21.4. The van der Waals surface area contributed by atoms with Crippen LogP contribution < -0.4 is 4.90 Å². The first-order valence-corrected chi connectivity index (χ1v) is 12.8. The average Bonchev–Trinajstić information content (AvgIpc) is 2.88. The Morgan fingerprint density at radius 2 is 1.68 bits per heavy atom. The van der Waals surface area contributed by atoms with Gasteiger partial charge < -0.3 is 20.2 Å². The number of nitrogens with zero attached hydrogens (tertiary/aromatic N) is 3. The van der Waals surface area contributed by atoms with Crippen molar-refractivity contribution in [3.05, 3.63) is 47.5 Å². The lowest BCUT2D eigenvalue weighted by Crippen LogP contribution is -2.48. The molecule has 0 saturated carbocycles. The molecule has 1 aliphatic rings. The van der Waals surface area contributed by atoms with Crippen LogP contribution in [0.1, 0.15) is 19.4 Å². The molecule has 1 heterocycles. The number of piperazine rings is 1. The molecule has 0 amide bonds. The van der Waals surface area contributed by atoms with Crippen molar-refractivity contribution in [1.29, 1.82) is 5.26 Å². The first-order chi connectivity index (χ1) is 17.5. The van der Waals surface area contributed by atoms with E-state index in [1.165, 1.54) is 24.3 Å². The molecule has 0 bridgehead atoms. The third-order valence-electron chi connectivity index (χ3n) is 6.39. The van der Waals surface area contributed by atoms with Crippen LogP contribution in [0.3, 0.4) is 0 Å². The minimum atomic E-state index is -4.99. The molecule has 2 unspecified atom stereocenters. The summed E-state index contributed by atoms with van der Waals surface area (Å²) in [6, 6.07) is 11.4. The Labute approximate surface area is 217 Å². The van der Waals surface area contributed by atoms with Crippen LogP contribution in [0.4, 0.5) is 18.9 Å². The van der Waals surface area contributed by atoms with Gasteiger partial charge in [0.25, 0.3) is 0 Å². The van der Waals surface area contributed by atoms with Gasteiger partial charge in [-0.05, 0) is 48.4 Å². The molecule has 2 aromatic carbocycles. The van der Waals surface area contributed by atoms with Crippen molar-refractivity contribution < 1.29 is 33.3 Å². The van der Waals surface area contributed by atoms with E-state index in [9.17, 15) is 33.4 Å². The number of benzene rings is 2. The summed E-state index contributed by atoms with van der Waals surface area (Å²) in [5.41, 5.74) is -1.80. The molecule has 200 valence electrons. The van der Waals surface area contributed by atoms with Crippen molar-refractivity contribution >= 4 is 38.9 Å². The van der Waals surface area contributed by atoms with Crippen molar-refractivity contribution in [2.75, 3.05) is 43.4 Å². The molecular formula is C26H30F3N3O4S. The minimum Gasteiger partial charge on any atom is -0.394 e. The van der Waals surface area contributed by atoms with Gasteiger partial charge in [-0.15, -0.1) is 0 Å². The van der Waals surface area contributed by atoms with Crippen LogP contribution in [0.5, 0.6) is 0 Å². The van der Waals surface area contributed by atoms with Gasteiger partial charge in [0.05, 0.1) is 18.3 Å². The van der Waals surface area contributed by atoms with Crippen molar-refractivity contribution in [2.45, 2.75) is 38.3 Å². The number of halogens is 3. The predicted molar refractivity (Wildman–Crippen MR) is 138 cm³/mol. The fourth-order valence-corrected chi connectivity index (χ4v) is 5.04. The van der Waals surface area contributed by atoms with E-state index in [2.05, 4.69) is 23.6 Å². The topological polar surface area (TPSA) is 108 Å². The number of fused-ring (bicyclic) bond motifs is 1. The summed E-state index contributed by atoms with van der Waals surface area (Å²) in [4.78, 5) is 17.1. The Kier molecular flexibility index (Phi) is 9.61. The predicted octanol–water partition coefficient (Wildman–Crippen LogP) is 3.18. The van der Waals surface area contributed by atoms with E-state index in [-0.39, 0.29) is 17.3 Å². The number of alkyl halides is 3. The molecule has 2 atom stereocenters. The fourth-order valence-electron chi connectivity index (χ4n) is 4.20. The van der Waals surface area contributed by atoms with E-state index >= 15 is 0 Å². The SMILES string of the molecule is CC(C)N1CCN(c2ccc3cc(/C(=C(\C#N)C(=O)SCC(O)C(O)CO)C(F)(F)F)ccc3c2)CC1. The van der Waals surface area contributed by atoms with Gasteiger partial charge in [-0.2, -0.15) is 18.4 Å². The second-order valence-electron chi connectivity index (χ2n) is 9.14. The molecule has 0 spiro atoms. The van der Waals surface area contributed by atoms with Gasteiger partial charge in [-0.1, -0.05) is 30.0 Å². The maximum Gasteiger partial charge on any atom is 0.418 e. The van der Waals surface area contributed by atoms with Gasteiger partial charge in [0.15, 0.2) is 0 Å². The number of aliphatic hydroxyl groups excluding tert-OH is 3. The number of thioether (sulfide) groups is 1. The number of allylic oxidation sites excluding steroid dienone is 1. The number of anilines is 1. The van der Waals surface area contributed by atoms with E-state index in [4.69, 9.17) is 5.11 Å². The molecule has 1 fully saturated rings. The summed E-state index contributed by atoms with van der Waals surface area (Å²) < 4.78 is 42.2. The number of carbonyl (C=O) groups excluding carboxylic acids is 1. The second kappa shape index (κ2) is 12.3. The summed E-state index contributed by atoms with van der Waals surface area (Å²) in [7, 11) is 0. The zero-order chi connectivity index (χ0) is 27.3.